The van der Waals surface area contributed by atoms with E-state index in [-0.39, 0.29) is 5.91 Å². The number of methoxy groups -OCH3 is 1. The highest BCUT2D eigenvalue weighted by atomic mass is 16.5. The number of ether oxygens (including phenoxy) is 1. The second kappa shape index (κ2) is 7.75. The molecule has 1 rings (SSSR count). The van der Waals surface area contributed by atoms with Crippen LogP contribution in [0.25, 0.3) is 0 Å². The molecule has 1 amide bonds. The number of nitrogens with zero attached hydrogens (tertiary/aromatic N) is 2. The van der Waals surface area contributed by atoms with Crippen molar-refractivity contribution in [2.24, 2.45) is 5.73 Å². The van der Waals surface area contributed by atoms with E-state index < -0.39 is 6.04 Å². The molecule has 0 radical (unpaired) electrons. The van der Waals surface area contributed by atoms with E-state index in [4.69, 9.17) is 15.0 Å². The number of nitrogens with two attached hydrogens (primary N) is 1. The zero-order chi connectivity index (χ0) is 12.5. The smallest absolute Gasteiger partial charge is 0.236 e. The Balaban J connectivity index is 2.11. The summed E-state index contributed by atoms with van der Waals surface area (Å²) in [5.41, 5.74) is 5.70. The lowest BCUT2D eigenvalue weighted by molar-refractivity contribution is -0.122. The molecule has 1 aromatic rings. The van der Waals surface area contributed by atoms with E-state index in [1.165, 1.54) is 6.33 Å². The second-order valence-corrected chi connectivity index (χ2v) is 3.62. The second-order valence-electron chi connectivity index (χ2n) is 3.62. The van der Waals surface area contributed by atoms with Gasteiger partial charge in [0.05, 0.1) is 6.04 Å². The van der Waals surface area contributed by atoms with Gasteiger partial charge in [0.2, 0.25) is 11.8 Å². The summed E-state index contributed by atoms with van der Waals surface area (Å²) in [6.07, 6.45) is 3.22. The highest BCUT2D eigenvalue weighted by molar-refractivity contribution is 5.81. The van der Waals surface area contributed by atoms with Crippen molar-refractivity contribution in [3.63, 3.8) is 0 Å². The molecule has 0 aromatic carbocycles. The van der Waals surface area contributed by atoms with Crippen molar-refractivity contribution in [2.75, 3.05) is 20.3 Å². The molecule has 1 atom stereocenters. The molecule has 17 heavy (non-hydrogen) atoms. The normalized spacial score (nSPS) is 12.4. The van der Waals surface area contributed by atoms with Gasteiger partial charge in [-0.25, -0.2) is 0 Å². The summed E-state index contributed by atoms with van der Waals surface area (Å²) in [7, 11) is 1.62. The number of aromatic nitrogens is 2. The van der Waals surface area contributed by atoms with Gasteiger partial charge in [0.25, 0.3) is 0 Å². The van der Waals surface area contributed by atoms with Crippen molar-refractivity contribution in [1.29, 1.82) is 0 Å². The molecule has 0 fully saturated rings. The third-order valence-electron chi connectivity index (χ3n) is 2.25. The summed E-state index contributed by atoms with van der Waals surface area (Å²) in [5, 5.41) is 6.18. The number of hydrogen-bond acceptors (Lipinski definition) is 6. The van der Waals surface area contributed by atoms with Gasteiger partial charge in [-0.15, -0.1) is 0 Å². The SMILES string of the molecule is COCCCC(N)C(=O)NCCc1ncno1. The van der Waals surface area contributed by atoms with E-state index >= 15 is 0 Å². The zero-order valence-corrected chi connectivity index (χ0v) is 9.89. The van der Waals surface area contributed by atoms with Crippen molar-refractivity contribution < 1.29 is 14.1 Å². The molecule has 7 heteroatoms. The summed E-state index contributed by atoms with van der Waals surface area (Å²) in [6.45, 7) is 1.06. The van der Waals surface area contributed by atoms with Gasteiger partial charge >= 0.3 is 0 Å². The van der Waals surface area contributed by atoms with Crippen LogP contribution in [0.5, 0.6) is 0 Å². The van der Waals surface area contributed by atoms with Crippen LogP contribution in [0.4, 0.5) is 0 Å². The van der Waals surface area contributed by atoms with Crippen molar-refractivity contribution >= 4 is 5.91 Å². The van der Waals surface area contributed by atoms with Crippen LogP contribution in [-0.2, 0) is 16.0 Å². The first-order chi connectivity index (χ1) is 8.24. The lowest BCUT2D eigenvalue weighted by atomic mass is 10.1. The molecule has 0 saturated heterocycles. The average molecular weight is 242 g/mol. The number of hydrogen-bond donors (Lipinski definition) is 2. The molecule has 0 aliphatic rings. The predicted octanol–water partition coefficient (Wildman–Crippen LogP) is -0.518. The summed E-state index contributed by atoms with van der Waals surface area (Å²) in [5.74, 6) is 0.332. The zero-order valence-electron chi connectivity index (χ0n) is 9.89. The molecule has 0 bridgehead atoms. The summed E-state index contributed by atoms with van der Waals surface area (Å²) in [6, 6.07) is -0.493. The Morgan fingerprint density at radius 1 is 1.71 bits per heavy atom. The highest BCUT2D eigenvalue weighted by Gasteiger charge is 2.12. The Kier molecular flexibility index (Phi) is 6.19. The first-order valence-corrected chi connectivity index (χ1v) is 5.52. The minimum Gasteiger partial charge on any atom is -0.385 e. The van der Waals surface area contributed by atoms with Gasteiger partial charge in [-0.1, -0.05) is 5.16 Å². The summed E-state index contributed by atoms with van der Waals surface area (Å²) in [4.78, 5) is 15.4. The van der Waals surface area contributed by atoms with Gasteiger partial charge in [-0.3, -0.25) is 4.79 Å². The number of amides is 1. The summed E-state index contributed by atoms with van der Waals surface area (Å²) < 4.78 is 9.68. The quantitative estimate of drug-likeness (QED) is 0.595. The Hall–Kier alpha value is -1.47. The van der Waals surface area contributed by atoms with Gasteiger partial charge in [-0.05, 0) is 12.8 Å². The van der Waals surface area contributed by atoms with Crippen LogP contribution in [0, 0.1) is 0 Å². The number of carbonyl (C=O) groups is 1. The van der Waals surface area contributed by atoms with E-state index in [1.807, 2.05) is 0 Å². The Labute approximate surface area is 99.7 Å². The van der Waals surface area contributed by atoms with Gasteiger partial charge in [0.15, 0.2) is 6.33 Å². The van der Waals surface area contributed by atoms with Gasteiger partial charge in [-0.2, -0.15) is 4.98 Å². The van der Waals surface area contributed by atoms with Crippen LogP contribution in [0.1, 0.15) is 18.7 Å². The predicted molar refractivity (Wildman–Crippen MR) is 60.1 cm³/mol. The van der Waals surface area contributed by atoms with Crippen LogP contribution in [-0.4, -0.2) is 42.4 Å². The molecule has 1 heterocycles. The molecule has 7 nitrogen and oxygen atoms in total. The third kappa shape index (κ3) is 5.41. The molecular formula is C10H18N4O3. The number of nitrogens with one attached hydrogen (secondary N) is 1. The van der Waals surface area contributed by atoms with E-state index in [1.54, 1.807) is 7.11 Å². The molecule has 0 aliphatic heterocycles. The van der Waals surface area contributed by atoms with Crippen LogP contribution in [0.3, 0.4) is 0 Å². The number of rotatable bonds is 8. The first-order valence-electron chi connectivity index (χ1n) is 5.52. The Morgan fingerprint density at radius 3 is 3.18 bits per heavy atom. The average Bonchev–Trinajstić information content (AvgIpc) is 2.82. The monoisotopic (exact) mass is 242 g/mol. The van der Waals surface area contributed by atoms with Crippen molar-refractivity contribution in [1.82, 2.24) is 15.5 Å². The minimum absolute atomic E-state index is 0.166. The van der Waals surface area contributed by atoms with Crippen LogP contribution >= 0.6 is 0 Å². The van der Waals surface area contributed by atoms with Crippen molar-refractivity contribution in [3.8, 4) is 0 Å². The maximum Gasteiger partial charge on any atom is 0.236 e. The fourth-order valence-electron chi connectivity index (χ4n) is 1.31. The van der Waals surface area contributed by atoms with Gasteiger partial charge in [0, 0.05) is 26.7 Å². The lowest BCUT2D eigenvalue weighted by Gasteiger charge is -2.11. The molecule has 1 unspecified atom stereocenters. The standard InChI is InChI=1S/C10H18N4O3/c1-16-6-2-3-8(11)10(15)12-5-4-9-13-7-14-17-9/h7-8H,2-6,11H2,1H3,(H,12,15). The van der Waals surface area contributed by atoms with Crippen molar-refractivity contribution in [3.05, 3.63) is 12.2 Å². The Bertz CT molecular complexity index is 315. The van der Waals surface area contributed by atoms with E-state index in [2.05, 4.69) is 15.5 Å². The maximum absolute atomic E-state index is 11.5. The molecule has 1 aromatic heterocycles. The molecule has 3 N–H and O–H groups in total. The highest BCUT2D eigenvalue weighted by Crippen LogP contribution is 1.95. The lowest BCUT2D eigenvalue weighted by Crippen LogP contribution is -2.41. The third-order valence-corrected chi connectivity index (χ3v) is 2.25. The molecule has 0 spiro atoms. The summed E-state index contributed by atoms with van der Waals surface area (Å²) >= 11 is 0. The molecule has 0 saturated carbocycles. The van der Waals surface area contributed by atoms with E-state index in [0.717, 1.165) is 6.42 Å². The Morgan fingerprint density at radius 2 is 2.53 bits per heavy atom. The van der Waals surface area contributed by atoms with Gasteiger partial charge < -0.3 is 20.3 Å². The number of carbonyl (C=O) groups excluding carboxylic acids is 1. The topological polar surface area (TPSA) is 103 Å². The maximum atomic E-state index is 11.5. The van der Waals surface area contributed by atoms with Crippen LogP contribution in [0.2, 0.25) is 0 Å². The van der Waals surface area contributed by atoms with Gasteiger partial charge in [0.1, 0.15) is 0 Å². The molecule has 0 aliphatic carbocycles. The molecular weight excluding hydrogens is 224 g/mol. The van der Waals surface area contributed by atoms with Crippen LogP contribution in [0.15, 0.2) is 10.9 Å². The largest absolute Gasteiger partial charge is 0.385 e. The minimum atomic E-state index is -0.493. The first kappa shape index (κ1) is 13.6. The van der Waals surface area contributed by atoms with E-state index in [0.29, 0.717) is 31.9 Å². The fourth-order valence-corrected chi connectivity index (χ4v) is 1.31. The van der Waals surface area contributed by atoms with Crippen LogP contribution < -0.4 is 11.1 Å². The van der Waals surface area contributed by atoms with Crippen molar-refractivity contribution in [2.45, 2.75) is 25.3 Å². The fraction of sp³-hybridized carbons (Fsp3) is 0.700. The molecule has 96 valence electrons. The van der Waals surface area contributed by atoms with E-state index in [9.17, 15) is 4.79 Å².